The molecule has 0 fully saturated rings. The Bertz CT molecular complexity index is 593. The molecule has 0 unspecified atom stereocenters. The number of nitrogens with two attached hydrogens (primary N) is 1. The highest BCUT2D eigenvalue weighted by molar-refractivity contribution is 5.54. The number of hydrogen-bond donors (Lipinski definition) is 1. The molecule has 2 aromatic rings. The largest absolute Gasteiger partial charge is 0.434 e. The predicted molar refractivity (Wildman–Crippen MR) is 72.8 cm³/mol. The summed E-state index contributed by atoms with van der Waals surface area (Å²) in [4.78, 5) is 0. The summed E-state index contributed by atoms with van der Waals surface area (Å²) in [5.74, 6) is 0.172. The molecule has 0 amide bonds. The zero-order valence-corrected chi connectivity index (χ0v) is 11.4. The quantitative estimate of drug-likeness (QED) is 0.921. The van der Waals surface area contributed by atoms with Crippen molar-refractivity contribution in [1.82, 2.24) is 9.78 Å². The zero-order chi connectivity index (χ0) is 14.0. The number of ether oxygens (including phenoxy) is 1. The van der Waals surface area contributed by atoms with E-state index in [1.807, 2.05) is 0 Å². The van der Waals surface area contributed by atoms with E-state index in [1.54, 1.807) is 36.9 Å². The van der Waals surface area contributed by atoms with Crippen molar-refractivity contribution >= 4 is 5.69 Å². The van der Waals surface area contributed by atoms with Crippen molar-refractivity contribution in [3.63, 3.8) is 0 Å². The number of halogens is 1. The normalized spacial score (nSPS) is 10.7. The van der Waals surface area contributed by atoms with Crippen molar-refractivity contribution in [2.24, 2.45) is 7.05 Å². The second kappa shape index (κ2) is 5.30. The van der Waals surface area contributed by atoms with E-state index >= 15 is 0 Å². The lowest BCUT2D eigenvalue weighted by atomic mass is 10.2. The Morgan fingerprint density at radius 2 is 2.16 bits per heavy atom. The minimum atomic E-state index is -0.375. The van der Waals surface area contributed by atoms with Crippen LogP contribution in [0.1, 0.15) is 24.6 Å². The summed E-state index contributed by atoms with van der Waals surface area (Å²) in [6.07, 6.45) is 1.72. The summed E-state index contributed by atoms with van der Waals surface area (Å²) in [7, 11) is 1.73. The van der Waals surface area contributed by atoms with Gasteiger partial charge in [-0.1, -0.05) is 25.5 Å². The van der Waals surface area contributed by atoms with Gasteiger partial charge in [0.25, 0.3) is 0 Å². The van der Waals surface area contributed by atoms with Gasteiger partial charge in [-0.2, -0.15) is 5.10 Å². The predicted octanol–water partition coefficient (Wildman–Crippen LogP) is 3.19. The Hall–Kier alpha value is -2.04. The van der Waals surface area contributed by atoms with Crippen LogP contribution in [0.5, 0.6) is 11.6 Å². The number of benzene rings is 1. The van der Waals surface area contributed by atoms with Gasteiger partial charge in [-0.15, -0.1) is 0 Å². The fourth-order valence-corrected chi connectivity index (χ4v) is 1.92. The second-order valence-corrected chi connectivity index (χ2v) is 4.53. The van der Waals surface area contributed by atoms with Crippen LogP contribution in [0.25, 0.3) is 0 Å². The lowest BCUT2D eigenvalue weighted by Gasteiger charge is -2.08. The van der Waals surface area contributed by atoms with E-state index in [9.17, 15) is 4.39 Å². The molecule has 0 aliphatic rings. The highest BCUT2D eigenvalue weighted by atomic mass is 19.1. The van der Waals surface area contributed by atoms with E-state index in [0.29, 0.717) is 17.1 Å². The van der Waals surface area contributed by atoms with E-state index in [1.165, 1.54) is 0 Å². The van der Waals surface area contributed by atoms with Crippen molar-refractivity contribution < 1.29 is 9.13 Å². The van der Waals surface area contributed by atoms with Crippen LogP contribution in [0, 0.1) is 12.7 Å². The van der Waals surface area contributed by atoms with Gasteiger partial charge in [-0.3, -0.25) is 0 Å². The third-order valence-electron chi connectivity index (χ3n) is 2.96. The van der Waals surface area contributed by atoms with Gasteiger partial charge in [0.15, 0.2) is 11.6 Å². The molecule has 0 saturated carbocycles. The molecule has 2 rings (SSSR count). The number of nitrogen functional groups attached to an aromatic ring is 1. The average Bonchev–Trinajstić information content (AvgIpc) is 2.63. The van der Waals surface area contributed by atoms with Gasteiger partial charge in [-0.05, 0) is 25.0 Å². The smallest absolute Gasteiger partial charge is 0.241 e. The average molecular weight is 263 g/mol. The molecule has 0 bridgehead atoms. The Kier molecular flexibility index (Phi) is 3.74. The minimum absolute atomic E-state index is 0.165. The Morgan fingerprint density at radius 3 is 2.84 bits per heavy atom. The summed E-state index contributed by atoms with van der Waals surface area (Å²) >= 11 is 0. The minimum Gasteiger partial charge on any atom is -0.434 e. The van der Waals surface area contributed by atoms with Crippen LogP contribution in [0.3, 0.4) is 0 Å². The van der Waals surface area contributed by atoms with E-state index in [0.717, 1.165) is 18.5 Å². The molecule has 102 valence electrons. The van der Waals surface area contributed by atoms with Crippen LogP contribution < -0.4 is 10.5 Å². The summed E-state index contributed by atoms with van der Waals surface area (Å²) < 4.78 is 21.0. The molecule has 19 heavy (non-hydrogen) atoms. The molecule has 0 atom stereocenters. The number of aromatic nitrogens is 2. The van der Waals surface area contributed by atoms with Gasteiger partial charge >= 0.3 is 0 Å². The van der Waals surface area contributed by atoms with Gasteiger partial charge < -0.3 is 10.5 Å². The number of hydrogen-bond acceptors (Lipinski definition) is 3. The van der Waals surface area contributed by atoms with Crippen molar-refractivity contribution in [3.8, 4) is 11.6 Å². The van der Waals surface area contributed by atoms with Crippen LogP contribution in [-0.4, -0.2) is 9.78 Å². The van der Waals surface area contributed by atoms with Crippen LogP contribution >= 0.6 is 0 Å². The first kappa shape index (κ1) is 13.4. The maximum Gasteiger partial charge on any atom is 0.241 e. The van der Waals surface area contributed by atoms with Gasteiger partial charge in [0, 0.05) is 7.05 Å². The molecular weight excluding hydrogens is 245 g/mol. The second-order valence-electron chi connectivity index (χ2n) is 4.53. The van der Waals surface area contributed by atoms with Crippen molar-refractivity contribution in [2.45, 2.75) is 26.7 Å². The van der Waals surface area contributed by atoms with Crippen molar-refractivity contribution in [3.05, 3.63) is 35.3 Å². The highest BCUT2D eigenvalue weighted by Gasteiger charge is 2.16. The van der Waals surface area contributed by atoms with Gasteiger partial charge in [-0.25, -0.2) is 9.07 Å². The van der Waals surface area contributed by atoms with E-state index in [4.69, 9.17) is 10.5 Å². The van der Waals surface area contributed by atoms with E-state index in [2.05, 4.69) is 12.0 Å². The third kappa shape index (κ3) is 2.54. The Morgan fingerprint density at radius 1 is 1.42 bits per heavy atom. The standard InChI is InChI=1S/C14H18FN3O/c1-4-6-10-13(16)14(18(3)17-10)19-11-8-5-7-9(2)12(11)15/h5,7-8H,4,6,16H2,1-3H3. The molecule has 4 nitrogen and oxygen atoms in total. The monoisotopic (exact) mass is 263 g/mol. The Labute approximate surface area is 112 Å². The van der Waals surface area contributed by atoms with Crippen LogP contribution in [-0.2, 0) is 13.5 Å². The maximum atomic E-state index is 13.9. The lowest BCUT2D eigenvalue weighted by Crippen LogP contribution is -1.99. The van der Waals surface area contributed by atoms with Crippen LogP contribution in [0.2, 0.25) is 0 Å². The maximum absolute atomic E-state index is 13.9. The molecule has 1 aromatic heterocycles. The third-order valence-corrected chi connectivity index (χ3v) is 2.96. The van der Waals surface area contributed by atoms with E-state index in [-0.39, 0.29) is 11.6 Å². The van der Waals surface area contributed by atoms with E-state index < -0.39 is 0 Å². The number of nitrogens with zero attached hydrogens (tertiary/aromatic N) is 2. The first-order chi connectivity index (χ1) is 9.04. The summed E-state index contributed by atoms with van der Waals surface area (Å²) in [5, 5.41) is 4.29. The van der Waals surface area contributed by atoms with Gasteiger partial charge in [0.1, 0.15) is 5.69 Å². The molecular formula is C14H18FN3O. The first-order valence-corrected chi connectivity index (χ1v) is 6.29. The van der Waals surface area contributed by atoms with Crippen molar-refractivity contribution in [1.29, 1.82) is 0 Å². The van der Waals surface area contributed by atoms with Crippen LogP contribution in [0.15, 0.2) is 18.2 Å². The molecule has 0 aliphatic carbocycles. The SMILES string of the molecule is CCCc1nn(C)c(Oc2cccc(C)c2F)c1N. The first-order valence-electron chi connectivity index (χ1n) is 6.29. The Balaban J connectivity index is 2.36. The lowest BCUT2D eigenvalue weighted by molar-refractivity contribution is 0.404. The summed E-state index contributed by atoms with van der Waals surface area (Å²) in [6.45, 7) is 3.74. The fourth-order valence-electron chi connectivity index (χ4n) is 1.92. The number of rotatable bonds is 4. The molecule has 0 radical (unpaired) electrons. The van der Waals surface area contributed by atoms with Gasteiger partial charge in [0.2, 0.25) is 5.88 Å². The summed E-state index contributed by atoms with van der Waals surface area (Å²) in [6, 6.07) is 5.01. The summed E-state index contributed by atoms with van der Waals surface area (Å²) in [5.41, 5.74) is 7.79. The van der Waals surface area contributed by atoms with Gasteiger partial charge in [0.05, 0.1) is 5.69 Å². The number of aryl methyl sites for hydroxylation is 3. The van der Waals surface area contributed by atoms with Crippen molar-refractivity contribution in [2.75, 3.05) is 5.73 Å². The zero-order valence-electron chi connectivity index (χ0n) is 11.4. The molecule has 1 heterocycles. The van der Waals surface area contributed by atoms with Crippen LogP contribution in [0.4, 0.5) is 10.1 Å². The molecule has 1 aromatic carbocycles. The molecule has 5 heteroatoms. The highest BCUT2D eigenvalue weighted by Crippen LogP contribution is 2.32. The number of anilines is 1. The molecule has 2 N–H and O–H groups in total. The molecule has 0 saturated heterocycles. The molecule has 0 aliphatic heterocycles. The fraction of sp³-hybridized carbons (Fsp3) is 0.357. The topological polar surface area (TPSA) is 53.1 Å². The molecule has 0 spiro atoms.